The first-order valence-corrected chi connectivity index (χ1v) is 11.3. The Bertz CT molecular complexity index is 1230. The van der Waals surface area contributed by atoms with Gasteiger partial charge in [-0.1, -0.05) is 22.9 Å². The second kappa shape index (κ2) is 10.8. The summed E-state index contributed by atoms with van der Waals surface area (Å²) in [5, 5.41) is 4.01. The Hall–Kier alpha value is -3.85. The minimum atomic E-state index is -0.525. The zero-order valence-electron chi connectivity index (χ0n) is 18.2. The van der Waals surface area contributed by atoms with Gasteiger partial charge >= 0.3 is 5.97 Å². The predicted molar refractivity (Wildman–Crippen MR) is 129 cm³/mol. The third-order valence-corrected chi connectivity index (χ3v) is 5.24. The molecule has 0 saturated carbocycles. The molecule has 0 bridgehead atoms. The second-order valence-corrected chi connectivity index (χ2v) is 8.13. The van der Waals surface area contributed by atoms with Gasteiger partial charge in [-0.15, -0.1) is 0 Å². The fourth-order valence-corrected chi connectivity index (χ4v) is 3.42. The van der Waals surface area contributed by atoms with Crippen LogP contribution in [0.25, 0.3) is 0 Å². The summed E-state index contributed by atoms with van der Waals surface area (Å²) in [6.45, 7) is 2.75. The molecular weight excluding hydrogens is 504 g/mol. The second-order valence-electron chi connectivity index (χ2n) is 7.21. The van der Waals surface area contributed by atoms with Crippen LogP contribution in [0, 0.1) is 0 Å². The lowest BCUT2D eigenvalue weighted by molar-refractivity contribution is 0.0734. The highest BCUT2D eigenvalue weighted by Gasteiger charge is 2.16. The Labute approximate surface area is 204 Å². The van der Waals surface area contributed by atoms with Crippen LogP contribution in [0.15, 0.2) is 70.2 Å². The third-order valence-electron chi connectivity index (χ3n) is 4.74. The Morgan fingerprint density at radius 3 is 2.59 bits per heavy atom. The van der Waals surface area contributed by atoms with Crippen molar-refractivity contribution in [2.45, 2.75) is 13.3 Å². The van der Waals surface area contributed by atoms with Crippen LogP contribution in [0.2, 0.25) is 0 Å². The molecule has 1 aliphatic heterocycles. The van der Waals surface area contributed by atoms with Gasteiger partial charge in [0.15, 0.2) is 11.5 Å². The summed E-state index contributed by atoms with van der Waals surface area (Å²) in [6.07, 6.45) is 2.30. The van der Waals surface area contributed by atoms with E-state index in [4.69, 9.17) is 18.9 Å². The molecule has 8 nitrogen and oxygen atoms in total. The Balaban J connectivity index is 1.42. The summed E-state index contributed by atoms with van der Waals surface area (Å²) in [4.78, 5) is 25.0. The number of carbonyl (C=O) groups is 2. The summed E-state index contributed by atoms with van der Waals surface area (Å²) in [5.74, 6) is 1.12. The molecule has 0 radical (unpaired) electrons. The molecule has 0 unspecified atom stereocenters. The number of esters is 1. The van der Waals surface area contributed by atoms with E-state index < -0.39 is 11.9 Å². The Morgan fingerprint density at radius 2 is 1.79 bits per heavy atom. The number of amides is 1. The standard InChI is InChI=1S/C25H21BrN2O6/c1-2-11-31-20-7-3-16(4-8-20)25(30)34-21-10-6-19(26)12-18(21)14-27-28-24(29)17-5-9-22-23(13-17)33-15-32-22/h3-10,12-14H,2,11,15H2,1H3,(H,28,29)/b27-14+. The largest absolute Gasteiger partial charge is 0.494 e. The molecule has 0 spiro atoms. The van der Waals surface area contributed by atoms with E-state index in [0.29, 0.717) is 46.3 Å². The molecule has 0 fully saturated rings. The SMILES string of the molecule is CCCOc1ccc(C(=O)Oc2ccc(Br)cc2/C=N/NC(=O)c2ccc3c(c2)OCO3)cc1. The normalized spacial score (nSPS) is 11.9. The van der Waals surface area contributed by atoms with Gasteiger partial charge in [0.05, 0.1) is 18.4 Å². The zero-order valence-corrected chi connectivity index (χ0v) is 19.8. The number of halogens is 1. The number of nitrogens with one attached hydrogen (secondary N) is 1. The van der Waals surface area contributed by atoms with Crippen molar-refractivity contribution in [1.29, 1.82) is 0 Å². The first-order valence-electron chi connectivity index (χ1n) is 10.5. The minimum absolute atomic E-state index is 0.125. The number of benzene rings is 3. The number of hydrogen-bond acceptors (Lipinski definition) is 7. The highest BCUT2D eigenvalue weighted by Crippen LogP contribution is 2.32. The molecule has 1 aliphatic rings. The number of hydrogen-bond donors (Lipinski definition) is 1. The van der Waals surface area contributed by atoms with Crippen LogP contribution in [0.1, 0.15) is 39.6 Å². The van der Waals surface area contributed by atoms with Crippen LogP contribution < -0.4 is 24.4 Å². The van der Waals surface area contributed by atoms with Crippen molar-refractivity contribution in [3.05, 3.63) is 81.8 Å². The van der Waals surface area contributed by atoms with Gasteiger partial charge in [0, 0.05) is 15.6 Å². The van der Waals surface area contributed by atoms with Gasteiger partial charge in [0.1, 0.15) is 11.5 Å². The van der Waals surface area contributed by atoms with E-state index >= 15 is 0 Å². The van der Waals surface area contributed by atoms with E-state index in [1.807, 2.05) is 6.92 Å². The topological polar surface area (TPSA) is 95.5 Å². The first-order chi connectivity index (χ1) is 16.5. The van der Waals surface area contributed by atoms with Crippen molar-refractivity contribution in [1.82, 2.24) is 5.43 Å². The maximum absolute atomic E-state index is 12.6. The summed E-state index contributed by atoms with van der Waals surface area (Å²) in [7, 11) is 0. The third kappa shape index (κ3) is 5.74. The van der Waals surface area contributed by atoms with Crippen molar-refractivity contribution in [3.8, 4) is 23.0 Å². The van der Waals surface area contributed by atoms with Crippen LogP contribution in [-0.4, -0.2) is 31.5 Å². The van der Waals surface area contributed by atoms with Crippen molar-refractivity contribution >= 4 is 34.0 Å². The lowest BCUT2D eigenvalue weighted by Gasteiger charge is -2.09. The highest BCUT2D eigenvalue weighted by atomic mass is 79.9. The van der Waals surface area contributed by atoms with Crippen molar-refractivity contribution in [3.63, 3.8) is 0 Å². The Morgan fingerprint density at radius 1 is 1.03 bits per heavy atom. The van der Waals surface area contributed by atoms with Gasteiger partial charge in [0.25, 0.3) is 5.91 Å². The molecule has 9 heteroatoms. The number of carbonyl (C=O) groups excluding carboxylic acids is 2. The highest BCUT2D eigenvalue weighted by molar-refractivity contribution is 9.10. The van der Waals surface area contributed by atoms with E-state index in [0.717, 1.165) is 10.9 Å². The van der Waals surface area contributed by atoms with Gasteiger partial charge < -0.3 is 18.9 Å². The fraction of sp³-hybridized carbons (Fsp3) is 0.160. The molecule has 1 amide bonds. The molecule has 1 N–H and O–H groups in total. The number of rotatable bonds is 8. The van der Waals surface area contributed by atoms with Crippen LogP contribution >= 0.6 is 15.9 Å². The molecule has 0 atom stereocenters. The van der Waals surface area contributed by atoms with Crippen molar-refractivity contribution in [2.24, 2.45) is 5.10 Å². The van der Waals surface area contributed by atoms with Gasteiger partial charge in [-0.2, -0.15) is 5.10 Å². The molecular formula is C25H21BrN2O6. The van der Waals surface area contributed by atoms with E-state index in [-0.39, 0.29) is 6.79 Å². The quantitative estimate of drug-likeness (QED) is 0.194. The average molecular weight is 525 g/mol. The molecule has 174 valence electrons. The molecule has 0 aliphatic carbocycles. The fourth-order valence-electron chi connectivity index (χ4n) is 3.04. The maximum atomic E-state index is 12.6. The summed E-state index contributed by atoms with van der Waals surface area (Å²) in [6, 6.07) is 16.7. The lowest BCUT2D eigenvalue weighted by Crippen LogP contribution is -2.17. The molecule has 0 saturated heterocycles. The van der Waals surface area contributed by atoms with Gasteiger partial charge in [-0.05, 0) is 67.1 Å². The predicted octanol–water partition coefficient (Wildman–Crippen LogP) is 4.95. The molecule has 1 heterocycles. The van der Waals surface area contributed by atoms with E-state index in [2.05, 4.69) is 26.5 Å². The lowest BCUT2D eigenvalue weighted by atomic mass is 10.2. The molecule has 3 aromatic carbocycles. The minimum Gasteiger partial charge on any atom is -0.494 e. The van der Waals surface area contributed by atoms with Gasteiger partial charge in [-0.3, -0.25) is 4.79 Å². The number of hydrazone groups is 1. The number of ether oxygens (including phenoxy) is 4. The molecule has 34 heavy (non-hydrogen) atoms. The van der Waals surface area contributed by atoms with Crippen LogP contribution in [-0.2, 0) is 0 Å². The van der Waals surface area contributed by atoms with Crippen molar-refractivity contribution in [2.75, 3.05) is 13.4 Å². The zero-order chi connectivity index (χ0) is 23.9. The summed E-state index contributed by atoms with van der Waals surface area (Å²) in [5.41, 5.74) is 3.70. The molecule has 3 aromatic rings. The van der Waals surface area contributed by atoms with E-state index in [1.165, 1.54) is 6.21 Å². The number of fused-ring (bicyclic) bond motifs is 1. The van der Waals surface area contributed by atoms with Gasteiger partial charge in [-0.25, -0.2) is 10.2 Å². The van der Waals surface area contributed by atoms with E-state index in [1.54, 1.807) is 60.7 Å². The average Bonchev–Trinajstić information content (AvgIpc) is 3.32. The van der Waals surface area contributed by atoms with Crippen LogP contribution in [0.3, 0.4) is 0 Å². The van der Waals surface area contributed by atoms with Gasteiger partial charge in [0.2, 0.25) is 6.79 Å². The van der Waals surface area contributed by atoms with E-state index in [9.17, 15) is 9.59 Å². The summed E-state index contributed by atoms with van der Waals surface area (Å²) < 4.78 is 22.4. The summed E-state index contributed by atoms with van der Waals surface area (Å²) >= 11 is 3.39. The molecule has 0 aromatic heterocycles. The Kier molecular flexibility index (Phi) is 7.44. The van der Waals surface area contributed by atoms with Crippen LogP contribution in [0.5, 0.6) is 23.0 Å². The smallest absolute Gasteiger partial charge is 0.343 e. The van der Waals surface area contributed by atoms with Crippen molar-refractivity contribution < 1.29 is 28.5 Å². The maximum Gasteiger partial charge on any atom is 0.343 e. The monoisotopic (exact) mass is 524 g/mol. The van der Waals surface area contributed by atoms with Crippen LogP contribution in [0.4, 0.5) is 0 Å². The molecule has 4 rings (SSSR count). The number of nitrogens with zero attached hydrogens (tertiary/aromatic N) is 1. The first kappa shape index (κ1) is 23.3.